The Morgan fingerprint density at radius 2 is 1.74 bits per heavy atom. The van der Waals surface area contributed by atoms with Crippen molar-refractivity contribution in [3.8, 4) is 23.4 Å². The normalized spacial score (nSPS) is 10.9. The van der Waals surface area contributed by atoms with Crippen molar-refractivity contribution < 1.29 is 22.6 Å². The zero-order valence-corrected chi connectivity index (χ0v) is 13.8. The molecule has 0 spiro atoms. The number of alkyl halides is 3. The highest BCUT2D eigenvalue weighted by Crippen LogP contribution is 2.30. The molecule has 0 unspecified atom stereocenters. The van der Waals surface area contributed by atoms with Gasteiger partial charge >= 0.3 is 6.18 Å². The van der Waals surface area contributed by atoms with Crippen molar-refractivity contribution in [2.24, 2.45) is 0 Å². The minimum Gasteiger partial charge on any atom is -0.489 e. The van der Waals surface area contributed by atoms with Crippen molar-refractivity contribution in [3.05, 3.63) is 77.7 Å². The Balaban J connectivity index is 1.66. The quantitative estimate of drug-likeness (QED) is 0.648. The maximum absolute atomic E-state index is 12.8. The number of nitrogens with zero attached hydrogens (tertiary/aromatic N) is 3. The van der Waals surface area contributed by atoms with Gasteiger partial charge in [0.2, 0.25) is 5.88 Å². The van der Waals surface area contributed by atoms with E-state index >= 15 is 0 Å². The lowest BCUT2D eigenvalue weighted by Crippen LogP contribution is -2.06. The summed E-state index contributed by atoms with van der Waals surface area (Å²) in [6, 6.07) is 13.4. The number of nitriles is 1. The predicted molar refractivity (Wildman–Crippen MR) is 89.0 cm³/mol. The van der Waals surface area contributed by atoms with Crippen molar-refractivity contribution in [1.29, 1.82) is 5.26 Å². The molecule has 0 aliphatic carbocycles. The van der Waals surface area contributed by atoms with Crippen LogP contribution in [0.4, 0.5) is 13.2 Å². The highest BCUT2D eigenvalue weighted by molar-refractivity contribution is 5.35. The molecule has 0 radical (unpaired) electrons. The first-order valence-corrected chi connectivity index (χ1v) is 7.73. The first kappa shape index (κ1) is 18.2. The molecule has 0 atom stereocenters. The lowest BCUT2D eigenvalue weighted by Gasteiger charge is -2.11. The third kappa shape index (κ3) is 4.95. The molecule has 0 saturated heterocycles. The van der Waals surface area contributed by atoms with E-state index in [-0.39, 0.29) is 18.2 Å². The molecular weight excluding hydrogens is 359 g/mol. The molecule has 1 heterocycles. The number of hydrogen-bond acceptors (Lipinski definition) is 5. The third-order valence-electron chi connectivity index (χ3n) is 3.43. The van der Waals surface area contributed by atoms with Gasteiger partial charge in [-0.15, -0.1) is 0 Å². The van der Waals surface area contributed by atoms with Gasteiger partial charge in [-0.25, -0.2) is 9.97 Å². The summed E-state index contributed by atoms with van der Waals surface area (Å²) in [5.74, 6) is 1.03. The molecule has 0 aliphatic heterocycles. The van der Waals surface area contributed by atoms with Gasteiger partial charge in [-0.05, 0) is 29.8 Å². The van der Waals surface area contributed by atoms with Gasteiger partial charge in [0.15, 0.2) is 5.69 Å². The van der Waals surface area contributed by atoms with Crippen LogP contribution in [0, 0.1) is 11.3 Å². The van der Waals surface area contributed by atoms with Crippen molar-refractivity contribution in [2.45, 2.75) is 12.8 Å². The van der Waals surface area contributed by atoms with E-state index in [0.29, 0.717) is 17.1 Å². The Hall–Kier alpha value is -3.60. The standard InChI is InChI=1S/C19H12F3N3O2/c20-19(21,22)14-4-1-3-13(7-14)12-26-16-5-2-6-17(8-16)27-18-11-24-15(9-23)10-25-18/h1-8,10-11H,12H2. The molecule has 8 heteroatoms. The Labute approximate surface area is 152 Å². The molecular formula is C19H12F3N3O2. The van der Waals surface area contributed by atoms with Crippen molar-refractivity contribution >= 4 is 0 Å². The van der Waals surface area contributed by atoms with Crippen LogP contribution in [-0.4, -0.2) is 9.97 Å². The molecule has 27 heavy (non-hydrogen) atoms. The smallest absolute Gasteiger partial charge is 0.416 e. The van der Waals surface area contributed by atoms with Crippen molar-refractivity contribution in [2.75, 3.05) is 0 Å². The van der Waals surface area contributed by atoms with Gasteiger partial charge in [-0.3, -0.25) is 0 Å². The second kappa shape index (κ2) is 7.74. The second-order valence-corrected chi connectivity index (χ2v) is 5.42. The van der Waals surface area contributed by atoms with Crippen LogP contribution in [0.25, 0.3) is 0 Å². The van der Waals surface area contributed by atoms with Crippen LogP contribution >= 0.6 is 0 Å². The van der Waals surface area contributed by atoms with Gasteiger partial charge < -0.3 is 9.47 Å². The topological polar surface area (TPSA) is 68.0 Å². The summed E-state index contributed by atoms with van der Waals surface area (Å²) < 4.78 is 49.3. The number of halogens is 3. The summed E-state index contributed by atoms with van der Waals surface area (Å²) in [5.41, 5.74) is -0.158. The molecule has 0 N–H and O–H groups in total. The second-order valence-electron chi connectivity index (χ2n) is 5.42. The summed E-state index contributed by atoms with van der Waals surface area (Å²) >= 11 is 0. The molecule has 0 amide bonds. The van der Waals surface area contributed by atoms with Gasteiger partial charge in [-0.2, -0.15) is 18.4 Å². The lowest BCUT2D eigenvalue weighted by molar-refractivity contribution is -0.137. The number of hydrogen-bond donors (Lipinski definition) is 0. The predicted octanol–water partition coefficient (Wildman–Crippen LogP) is 4.74. The van der Waals surface area contributed by atoms with E-state index in [2.05, 4.69) is 9.97 Å². The fraction of sp³-hybridized carbons (Fsp3) is 0.105. The average Bonchev–Trinajstić information content (AvgIpc) is 2.67. The largest absolute Gasteiger partial charge is 0.489 e. The van der Waals surface area contributed by atoms with Crippen LogP contribution < -0.4 is 9.47 Å². The fourth-order valence-electron chi connectivity index (χ4n) is 2.18. The third-order valence-corrected chi connectivity index (χ3v) is 3.43. The van der Waals surface area contributed by atoms with Crippen LogP contribution in [0.5, 0.6) is 17.4 Å². The Morgan fingerprint density at radius 3 is 2.44 bits per heavy atom. The van der Waals surface area contributed by atoms with E-state index < -0.39 is 11.7 Å². The number of rotatable bonds is 5. The average molecular weight is 371 g/mol. The molecule has 0 aliphatic rings. The van der Waals surface area contributed by atoms with Crippen LogP contribution in [0.2, 0.25) is 0 Å². The minimum absolute atomic E-state index is 0.0238. The monoisotopic (exact) mass is 371 g/mol. The van der Waals surface area contributed by atoms with Gasteiger partial charge in [-0.1, -0.05) is 18.2 Å². The van der Waals surface area contributed by atoms with Crippen LogP contribution in [0.3, 0.4) is 0 Å². The van der Waals surface area contributed by atoms with E-state index in [1.807, 2.05) is 6.07 Å². The maximum atomic E-state index is 12.8. The summed E-state index contributed by atoms with van der Waals surface area (Å²) in [6.07, 6.45) is -1.80. The van der Waals surface area contributed by atoms with Gasteiger partial charge in [0.25, 0.3) is 0 Å². The van der Waals surface area contributed by atoms with Crippen molar-refractivity contribution in [3.63, 3.8) is 0 Å². The summed E-state index contributed by atoms with van der Waals surface area (Å²) in [5, 5.41) is 8.70. The fourth-order valence-corrected chi connectivity index (χ4v) is 2.18. The molecule has 1 aromatic heterocycles. The SMILES string of the molecule is N#Cc1cnc(Oc2cccc(OCc3cccc(C(F)(F)F)c3)c2)cn1. The zero-order chi connectivity index (χ0) is 19.3. The number of ether oxygens (including phenoxy) is 2. The molecule has 136 valence electrons. The summed E-state index contributed by atoms with van der Waals surface area (Å²) in [4.78, 5) is 7.79. The van der Waals surface area contributed by atoms with Gasteiger partial charge in [0.1, 0.15) is 24.2 Å². The van der Waals surface area contributed by atoms with Crippen molar-refractivity contribution in [1.82, 2.24) is 9.97 Å². The highest BCUT2D eigenvalue weighted by atomic mass is 19.4. The summed E-state index contributed by atoms with van der Waals surface area (Å²) in [7, 11) is 0. The molecule has 2 aromatic carbocycles. The molecule has 5 nitrogen and oxygen atoms in total. The Morgan fingerprint density at radius 1 is 0.963 bits per heavy atom. The lowest BCUT2D eigenvalue weighted by atomic mass is 10.1. The first-order chi connectivity index (χ1) is 12.9. The molecule has 0 bridgehead atoms. The molecule has 0 fully saturated rings. The van der Waals surface area contributed by atoms with E-state index in [0.717, 1.165) is 12.1 Å². The highest BCUT2D eigenvalue weighted by Gasteiger charge is 2.30. The van der Waals surface area contributed by atoms with Crippen LogP contribution in [-0.2, 0) is 12.8 Å². The summed E-state index contributed by atoms with van der Waals surface area (Å²) in [6.45, 7) is -0.0238. The van der Waals surface area contributed by atoms with E-state index in [1.165, 1.54) is 18.5 Å². The van der Waals surface area contributed by atoms with Gasteiger partial charge in [0, 0.05) is 6.07 Å². The molecule has 0 saturated carbocycles. The van der Waals surface area contributed by atoms with E-state index in [1.54, 1.807) is 30.3 Å². The van der Waals surface area contributed by atoms with Crippen LogP contribution in [0.1, 0.15) is 16.8 Å². The van der Waals surface area contributed by atoms with E-state index in [9.17, 15) is 13.2 Å². The molecule has 3 aromatic rings. The van der Waals surface area contributed by atoms with Gasteiger partial charge in [0.05, 0.1) is 18.0 Å². The number of aromatic nitrogens is 2. The first-order valence-electron chi connectivity index (χ1n) is 7.73. The van der Waals surface area contributed by atoms with Crippen LogP contribution in [0.15, 0.2) is 60.9 Å². The maximum Gasteiger partial charge on any atom is 0.416 e. The Kier molecular flexibility index (Phi) is 5.22. The van der Waals surface area contributed by atoms with E-state index in [4.69, 9.17) is 14.7 Å². The number of benzene rings is 2. The molecule has 3 rings (SSSR count). The Bertz CT molecular complexity index is 967. The minimum atomic E-state index is -4.40. The zero-order valence-electron chi connectivity index (χ0n) is 13.8.